The molecule has 0 aliphatic carbocycles. The first kappa shape index (κ1) is 12.6. The fourth-order valence-electron chi connectivity index (χ4n) is 0.908. The number of halogens is 1. The van der Waals surface area contributed by atoms with E-state index < -0.39 is 8.32 Å². The Morgan fingerprint density at radius 2 is 1.93 bits per heavy atom. The van der Waals surface area contributed by atoms with Gasteiger partial charge in [0.2, 0.25) is 0 Å². The zero-order valence-electron chi connectivity index (χ0n) is 10.0. The van der Waals surface area contributed by atoms with Crippen LogP contribution < -0.4 is 4.43 Å². The van der Waals surface area contributed by atoms with Crippen molar-refractivity contribution in [1.82, 2.24) is 0 Å². The standard InChI is InChI=1S/C12H18ClOSi/c1-12(2,3)15(4,5)14-11-9-7-6-8-10(11)13/h6-7,9H,1-5H3. The topological polar surface area (TPSA) is 9.23 Å². The van der Waals surface area contributed by atoms with E-state index in [0.717, 1.165) is 5.75 Å². The van der Waals surface area contributed by atoms with Crippen LogP contribution in [0.5, 0.6) is 5.75 Å². The van der Waals surface area contributed by atoms with E-state index in [0.29, 0.717) is 5.02 Å². The molecular formula is C12H18ClOSi. The molecule has 0 spiro atoms. The normalized spacial score (nSPS) is 12.7. The average Bonchev–Trinajstić information content (AvgIpc) is 2.06. The van der Waals surface area contributed by atoms with Gasteiger partial charge in [-0.1, -0.05) is 44.5 Å². The quantitative estimate of drug-likeness (QED) is 0.692. The molecule has 0 aliphatic heterocycles. The minimum Gasteiger partial charge on any atom is -0.542 e. The molecule has 1 aromatic carbocycles. The number of benzene rings is 1. The van der Waals surface area contributed by atoms with Crippen LogP contribution in [-0.4, -0.2) is 8.32 Å². The van der Waals surface area contributed by atoms with Crippen molar-refractivity contribution in [2.75, 3.05) is 0 Å². The molecular weight excluding hydrogens is 224 g/mol. The summed E-state index contributed by atoms with van der Waals surface area (Å²) in [5.74, 6) is 0.755. The predicted octanol–water partition coefficient (Wildman–Crippen LogP) is 4.52. The lowest BCUT2D eigenvalue weighted by atomic mass is 10.2. The highest BCUT2D eigenvalue weighted by atomic mass is 35.5. The van der Waals surface area contributed by atoms with Gasteiger partial charge in [0.15, 0.2) is 0 Å². The van der Waals surface area contributed by atoms with E-state index in [1.807, 2.05) is 12.1 Å². The molecule has 1 radical (unpaired) electrons. The maximum Gasteiger partial charge on any atom is 0.250 e. The molecule has 1 rings (SSSR count). The van der Waals surface area contributed by atoms with Crippen molar-refractivity contribution in [3.63, 3.8) is 0 Å². The van der Waals surface area contributed by atoms with Gasteiger partial charge in [-0.25, -0.2) is 0 Å². The molecule has 83 valence electrons. The van der Waals surface area contributed by atoms with Crippen LogP contribution in [0.2, 0.25) is 23.2 Å². The van der Waals surface area contributed by atoms with E-state index in [-0.39, 0.29) is 5.04 Å². The Kier molecular flexibility index (Phi) is 3.51. The second-order valence-electron chi connectivity index (χ2n) is 5.21. The van der Waals surface area contributed by atoms with Crippen molar-refractivity contribution < 1.29 is 4.43 Å². The molecule has 0 bridgehead atoms. The van der Waals surface area contributed by atoms with E-state index >= 15 is 0 Å². The second kappa shape index (κ2) is 4.18. The minimum atomic E-state index is -1.78. The van der Waals surface area contributed by atoms with Crippen LogP contribution in [-0.2, 0) is 0 Å². The highest BCUT2D eigenvalue weighted by Gasteiger charge is 2.39. The summed E-state index contributed by atoms with van der Waals surface area (Å²) in [7, 11) is -1.78. The van der Waals surface area contributed by atoms with Crippen LogP contribution in [0.25, 0.3) is 0 Å². The molecule has 0 aliphatic rings. The Bertz CT molecular complexity index is 342. The molecule has 0 unspecified atom stereocenters. The average molecular weight is 242 g/mol. The van der Waals surface area contributed by atoms with Gasteiger partial charge in [0.1, 0.15) is 5.75 Å². The first-order chi connectivity index (χ1) is 6.74. The number of hydrogen-bond donors (Lipinski definition) is 0. The summed E-state index contributed by atoms with van der Waals surface area (Å²) in [6.45, 7) is 11.0. The van der Waals surface area contributed by atoms with E-state index in [1.54, 1.807) is 6.07 Å². The van der Waals surface area contributed by atoms with E-state index in [4.69, 9.17) is 16.0 Å². The summed E-state index contributed by atoms with van der Waals surface area (Å²) in [6.07, 6.45) is 0. The third-order valence-electron chi connectivity index (χ3n) is 2.94. The van der Waals surface area contributed by atoms with Crippen molar-refractivity contribution in [3.8, 4) is 5.75 Å². The fraction of sp³-hybridized carbons (Fsp3) is 0.500. The van der Waals surface area contributed by atoms with Crippen molar-refractivity contribution >= 4 is 19.9 Å². The second-order valence-corrected chi connectivity index (χ2v) is 10.3. The molecule has 0 atom stereocenters. The van der Waals surface area contributed by atoms with Gasteiger partial charge >= 0.3 is 0 Å². The lowest BCUT2D eigenvalue weighted by Gasteiger charge is -2.36. The van der Waals surface area contributed by atoms with E-state index in [9.17, 15) is 0 Å². The zero-order valence-corrected chi connectivity index (χ0v) is 11.8. The van der Waals surface area contributed by atoms with Gasteiger partial charge in [0, 0.05) is 6.07 Å². The Labute approximate surface area is 98.5 Å². The largest absolute Gasteiger partial charge is 0.542 e. The molecule has 3 heteroatoms. The van der Waals surface area contributed by atoms with E-state index in [2.05, 4.69) is 39.9 Å². The van der Waals surface area contributed by atoms with Crippen LogP contribution in [0.4, 0.5) is 0 Å². The van der Waals surface area contributed by atoms with Crippen LogP contribution in [0.3, 0.4) is 0 Å². The fourth-order valence-corrected chi connectivity index (χ4v) is 2.16. The molecule has 0 heterocycles. The van der Waals surface area contributed by atoms with Crippen LogP contribution in [0.1, 0.15) is 20.8 Å². The molecule has 0 fully saturated rings. The molecule has 1 aromatic rings. The van der Waals surface area contributed by atoms with Crippen molar-refractivity contribution in [1.29, 1.82) is 0 Å². The van der Waals surface area contributed by atoms with Crippen molar-refractivity contribution in [2.24, 2.45) is 0 Å². The van der Waals surface area contributed by atoms with Crippen LogP contribution in [0.15, 0.2) is 18.2 Å². The maximum absolute atomic E-state index is 6.07. The molecule has 0 saturated carbocycles. The smallest absolute Gasteiger partial charge is 0.250 e. The molecule has 0 saturated heterocycles. The third-order valence-corrected chi connectivity index (χ3v) is 7.58. The zero-order chi connectivity index (χ0) is 11.7. The Hall–Kier alpha value is -0.473. The van der Waals surface area contributed by atoms with Gasteiger partial charge in [-0.2, -0.15) is 0 Å². The van der Waals surface area contributed by atoms with Gasteiger partial charge in [-0.3, -0.25) is 0 Å². The van der Waals surface area contributed by atoms with Crippen molar-refractivity contribution in [3.05, 3.63) is 29.3 Å². The molecule has 0 N–H and O–H groups in total. The van der Waals surface area contributed by atoms with Gasteiger partial charge in [-0.05, 0) is 24.2 Å². The predicted molar refractivity (Wildman–Crippen MR) is 68.1 cm³/mol. The summed E-state index contributed by atoms with van der Waals surface area (Å²) < 4.78 is 6.07. The highest BCUT2D eigenvalue weighted by Crippen LogP contribution is 2.38. The molecule has 0 aromatic heterocycles. The highest BCUT2D eigenvalue weighted by molar-refractivity contribution is 6.74. The van der Waals surface area contributed by atoms with Gasteiger partial charge in [0.25, 0.3) is 8.32 Å². The molecule has 15 heavy (non-hydrogen) atoms. The monoisotopic (exact) mass is 241 g/mol. The first-order valence-corrected chi connectivity index (χ1v) is 8.38. The lowest BCUT2D eigenvalue weighted by molar-refractivity contribution is 0.492. The lowest BCUT2D eigenvalue weighted by Crippen LogP contribution is -2.43. The third kappa shape index (κ3) is 2.99. The first-order valence-electron chi connectivity index (χ1n) is 5.09. The Morgan fingerprint density at radius 3 is 2.40 bits per heavy atom. The Balaban J connectivity index is 2.92. The Morgan fingerprint density at radius 1 is 1.33 bits per heavy atom. The molecule has 0 amide bonds. The summed E-state index contributed by atoms with van der Waals surface area (Å²) >= 11 is 6.02. The number of hydrogen-bond acceptors (Lipinski definition) is 1. The summed E-state index contributed by atoms with van der Waals surface area (Å²) in [5.41, 5.74) is 0. The van der Waals surface area contributed by atoms with E-state index in [1.165, 1.54) is 0 Å². The summed E-state index contributed by atoms with van der Waals surface area (Å²) in [4.78, 5) is 0. The summed E-state index contributed by atoms with van der Waals surface area (Å²) in [5, 5.41) is 0.758. The molecule has 1 nitrogen and oxygen atoms in total. The van der Waals surface area contributed by atoms with Gasteiger partial charge in [-0.15, -0.1) is 0 Å². The summed E-state index contributed by atoms with van der Waals surface area (Å²) in [6, 6.07) is 8.53. The SMILES string of the molecule is CC(C)(C)[Si](C)(C)Oc1ccc[c]c1Cl. The van der Waals surface area contributed by atoms with Gasteiger partial charge < -0.3 is 4.43 Å². The van der Waals surface area contributed by atoms with Gasteiger partial charge in [0.05, 0.1) is 5.02 Å². The number of rotatable bonds is 2. The van der Waals surface area contributed by atoms with Crippen molar-refractivity contribution in [2.45, 2.75) is 38.9 Å². The maximum atomic E-state index is 6.07. The minimum absolute atomic E-state index is 0.187. The van der Waals surface area contributed by atoms with Crippen LogP contribution in [0, 0.1) is 6.07 Å². The van der Waals surface area contributed by atoms with Crippen LogP contribution >= 0.6 is 11.6 Å².